The molecule has 0 aromatic heterocycles. The Labute approximate surface area is 114 Å². The molecule has 1 atom stereocenters. The van der Waals surface area contributed by atoms with Crippen molar-refractivity contribution < 1.29 is 9.94 Å². The molecule has 19 heavy (non-hydrogen) atoms. The molecule has 0 unspecified atom stereocenters. The van der Waals surface area contributed by atoms with Crippen LogP contribution in [0.25, 0.3) is 0 Å². The SMILES string of the molecule is COc1ccccc1[C@H](C)NCCCC/C(N)=N/O. The monoisotopic (exact) mass is 265 g/mol. The van der Waals surface area contributed by atoms with E-state index in [2.05, 4.69) is 23.5 Å². The molecular weight excluding hydrogens is 242 g/mol. The molecule has 0 amide bonds. The zero-order chi connectivity index (χ0) is 14.1. The number of para-hydroxylation sites is 1. The van der Waals surface area contributed by atoms with E-state index in [4.69, 9.17) is 15.7 Å². The Hall–Kier alpha value is -1.75. The van der Waals surface area contributed by atoms with Crippen LogP contribution in [0.2, 0.25) is 0 Å². The number of unbranched alkanes of at least 4 members (excludes halogenated alkanes) is 1. The fraction of sp³-hybridized carbons (Fsp3) is 0.500. The van der Waals surface area contributed by atoms with E-state index in [1.807, 2.05) is 18.2 Å². The second-order valence-electron chi connectivity index (χ2n) is 4.47. The molecule has 1 rings (SSSR count). The van der Waals surface area contributed by atoms with Crippen LogP contribution in [-0.2, 0) is 0 Å². The Morgan fingerprint density at radius 3 is 2.84 bits per heavy atom. The van der Waals surface area contributed by atoms with Crippen molar-refractivity contribution >= 4 is 5.84 Å². The van der Waals surface area contributed by atoms with Crippen LogP contribution >= 0.6 is 0 Å². The van der Waals surface area contributed by atoms with Gasteiger partial charge in [-0.25, -0.2) is 0 Å². The van der Waals surface area contributed by atoms with Crippen molar-refractivity contribution in [3.8, 4) is 5.75 Å². The van der Waals surface area contributed by atoms with Crippen LogP contribution in [-0.4, -0.2) is 24.7 Å². The first-order valence-corrected chi connectivity index (χ1v) is 6.51. The zero-order valence-electron chi connectivity index (χ0n) is 11.6. The lowest BCUT2D eigenvalue weighted by Crippen LogP contribution is -2.21. The van der Waals surface area contributed by atoms with Crippen molar-refractivity contribution in [2.75, 3.05) is 13.7 Å². The summed E-state index contributed by atoms with van der Waals surface area (Å²) in [7, 11) is 1.68. The highest BCUT2D eigenvalue weighted by Crippen LogP contribution is 2.24. The Kier molecular flexibility index (Phi) is 6.74. The zero-order valence-corrected chi connectivity index (χ0v) is 11.6. The third kappa shape index (κ3) is 5.18. The number of hydrogen-bond donors (Lipinski definition) is 3. The smallest absolute Gasteiger partial charge is 0.139 e. The second-order valence-corrected chi connectivity index (χ2v) is 4.47. The number of methoxy groups -OCH3 is 1. The van der Waals surface area contributed by atoms with E-state index in [1.54, 1.807) is 7.11 Å². The summed E-state index contributed by atoms with van der Waals surface area (Å²) in [6.07, 6.45) is 2.51. The van der Waals surface area contributed by atoms with Gasteiger partial charge in [0.2, 0.25) is 0 Å². The summed E-state index contributed by atoms with van der Waals surface area (Å²) in [4.78, 5) is 0. The van der Waals surface area contributed by atoms with Crippen molar-refractivity contribution in [3.63, 3.8) is 0 Å². The number of amidine groups is 1. The predicted octanol–water partition coefficient (Wildman–Crippen LogP) is 2.26. The molecule has 0 aliphatic rings. The number of benzene rings is 1. The molecule has 0 aliphatic carbocycles. The van der Waals surface area contributed by atoms with Crippen LogP contribution in [0.3, 0.4) is 0 Å². The first kappa shape index (κ1) is 15.3. The standard InChI is InChI=1S/C14H23N3O2/c1-11(12-7-3-4-8-13(12)19-2)16-10-6-5-9-14(15)17-18/h3-4,7-8,11,16,18H,5-6,9-10H2,1-2H3,(H2,15,17)/t11-/m0/s1. The molecule has 0 bridgehead atoms. The Morgan fingerprint density at radius 2 is 2.16 bits per heavy atom. The van der Waals surface area contributed by atoms with Crippen LogP contribution < -0.4 is 15.8 Å². The third-order valence-electron chi connectivity index (χ3n) is 3.04. The average molecular weight is 265 g/mol. The lowest BCUT2D eigenvalue weighted by atomic mass is 10.1. The quantitative estimate of drug-likeness (QED) is 0.221. The van der Waals surface area contributed by atoms with Gasteiger partial charge >= 0.3 is 0 Å². The summed E-state index contributed by atoms with van der Waals surface area (Å²) in [5.41, 5.74) is 6.56. The van der Waals surface area contributed by atoms with Gasteiger partial charge in [0, 0.05) is 18.0 Å². The average Bonchev–Trinajstić information content (AvgIpc) is 2.46. The number of hydrogen-bond acceptors (Lipinski definition) is 4. The third-order valence-corrected chi connectivity index (χ3v) is 3.04. The van der Waals surface area contributed by atoms with Crippen LogP contribution in [0.15, 0.2) is 29.4 Å². The fourth-order valence-corrected chi connectivity index (χ4v) is 1.93. The van der Waals surface area contributed by atoms with E-state index in [-0.39, 0.29) is 11.9 Å². The number of nitrogens with two attached hydrogens (primary N) is 1. The molecule has 0 saturated carbocycles. The van der Waals surface area contributed by atoms with Gasteiger partial charge in [0.05, 0.1) is 7.11 Å². The molecule has 0 spiro atoms. The van der Waals surface area contributed by atoms with Gasteiger partial charge < -0.3 is 21.0 Å². The summed E-state index contributed by atoms with van der Waals surface area (Å²) < 4.78 is 5.34. The van der Waals surface area contributed by atoms with Gasteiger partial charge in [0.15, 0.2) is 0 Å². The van der Waals surface area contributed by atoms with Gasteiger partial charge in [-0.15, -0.1) is 0 Å². The summed E-state index contributed by atoms with van der Waals surface area (Å²) >= 11 is 0. The summed E-state index contributed by atoms with van der Waals surface area (Å²) in [5.74, 6) is 1.19. The molecule has 5 nitrogen and oxygen atoms in total. The normalized spacial score (nSPS) is 13.3. The highest BCUT2D eigenvalue weighted by Gasteiger charge is 2.09. The Bertz CT molecular complexity index is 407. The fourth-order valence-electron chi connectivity index (χ4n) is 1.93. The van der Waals surface area contributed by atoms with Gasteiger partial charge in [0.1, 0.15) is 11.6 Å². The molecule has 5 heteroatoms. The summed E-state index contributed by atoms with van der Waals surface area (Å²) in [6, 6.07) is 8.24. The van der Waals surface area contributed by atoms with Crippen LogP contribution in [0, 0.1) is 0 Å². The largest absolute Gasteiger partial charge is 0.496 e. The van der Waals surface area contributed by atoms with Crippen molar-refractivity contribution in [2.24, 2.45) is 10.9 Å². The second kappa shape index (κ2) is 8.37. The number of ether oxygens (including phenoxy) is 1. The predicted molar refractivity (Wildman–Crippen MR) is 76.7 cm³/mol. The van der Waals surface area contributed by atoms with Gasteiger partial charge in [-0.1, -0.05) is 23.4 Å². The minimum Gasteiger partial charge on any atom is -0.496 e. The Morgan fingerprint density at radius 1 is 1.42 bits per heavy atom. The van der Waals surface area contributed by atoms with Gasteiger partial charge in [-0.3, -0.25) is 0 Å². The highest BCUT2D eigenvalue weighted by molar-refractivity contribution is 5.79. The maximum atomic E-state index is 8.42. The molecule has 106 valence electrons. The maximum absolute atomic E-state index is 8.42. The van der Waals surface area contributed by atoms with Crippen molar-refractivity contribution in [1.82, 2.24) is 5.32 Å². The summed E-state index contributed by atoms with van der Waals surface area (Å²) in [5, 5.41) is 14.8. The van der Waals surface area contributed by atoms with Crippen LogP contribution in [0.4, 0.5) is 0 Å². The lowest BCUT2D eigenvalue weighted by Gasteiger charge is -2.17. The molecule has 0 heterocycles. The van der Waals surface area contributed by atoms with Gasteiger partial charge in [-0.2, -0.15) is 0 Å². The Balaban J connectivity index is 2.33. The topological polar surface area (TPSA) is 79.9 Å². The number of rotatable bonds is 8. The summed E-state index contributed by atoms with van der Waals surface area (Å²) in [6.45, 7) is 3.00. The van der Waals surface area contributed by atoms with Gasteiger partial charge in [0.25, 0.3) is 0 Å². The van der Waals surface area contributed by atoms with Crippen molar-refractivity contribution in [1.29, 1.82) is 0 Å². The van der Waals surface area contributed by atoms with E-state index in [0.29, 0.717) is 6.42 Å². The molecule has 0 fully saturated rings. The van der Waals surface area contributed by atoms with E-state index in [0.717, 1.165) is 30.7 Å². The minimum absolute atomic E-state index is 0.236. The first-order chi connectivity index (χ1) is 9.19. The maximum Gasteiger partial charge on any atom is 0.139 e. The molecule has 1 aromatic rings. The van der Waals surface area contributed by atoms with E-state index < -0.39 is 0 Å². The van der Waals surface area contributed by atoms with Crippen molar-refractivity contribution in [3.05, 3.63) is 29.8 Å². The number of nitrogens with zero attached hydrogens (tertiary/aromatic N) is 1. The highest BCUT2D eigenvalue weighted by atomic mass is 16.5. The molecular formula is C14H23N3O2. The van der Waals surface area contributed by atoms with Crippen LogP contribution in [0.5, 0.6) is 5.75 Å². The molecule has 0 saturated heterocycles. The van der Waals surface area contributed by atoms with E-state index in [1.165, 1.54) is 0 Å². The molecule has 1 aromatic carbocycles. The molecule has 0 radical (unpaired) electrons. The van der Waals surface area contributed by atoms with E-state index >= 15 is 0 Å². The number of oxime groups is 1. The first-order valence-electron chi connectivity index (χ1n) is 6.51. The van der Waals surface area contributed by atoms with Crippen molar-refractivity contribution in [2.45, 2.75) is 32.2 Å². The molecule has 0 aliphatic heterocycles. The van der Waals surface area contributed by atoms with Crippen LogP contribution in [0.1, 0.15) is 37.8 Å². The number of nitrogens with one attached hydrogen (secondary N) is 1. The lowest BCUT2D eigenvalue weighted by molar-refractivity contribution is 0.316. The molecule has 4 N–H and O–H groups in total. The van der Waals surface area contributed by atoms with Gasteiger partial charge in [-0.05, 0) is 32.4 Å². The van der Waals surface area contributed by atoms with E-state index in [9.17, 15) is 0 Å². The minimum atomic E-state index is 0.236.